The summed E-state index contributed by atoms with van der Waals surface area (Å²) in [6, 6.07) is 15.0. The summed E-state index contributed by atoms with van der Waals surface area (Å²) in [6.45, 7) is 2.69. The summed E-state index contributed by atoms with van der Waals surface area (Å²) in [5.74, 6) is -0.347. The van der Waals surface area contributed by atoms with Crippen LogP contribution in [0.4, 0.5) is 5.69 Å². The van der Waals surface area contributed by atoms with E-state index in [4.69, 9.17) is 11.6 Å². The fourth-order valence-electron chi connectivity index (χ4n) is 2.76. The highest BCUT2D eigenvalue weighted by Crippen LogP contribution is 2.42. The highest BCUT2D eigenvalue weighted by molar-refractivity contribution is 8.04. The van der Waals surface area contributed by atoms with Gasteiger partial charge in [-0.1, -0.05) is 67.0 Å². The van der Waals surface area contributed by atoms with E-state index in [0.29, 0.717) is 16.5 Å². The van der Waals surface area contributed by atoms with Gasteiger partial charge in [0.15, 0.2) is 0 Å². The SMILES string of the molecule is CCCCNC(=O)CN1C(=O)/C(=C\c2ccccc2Cl)Sc2ccccc21. The lowest BCUT2D eigenvalue weighted by atomic mass is 10.2. The molecule has 27 heavy (non-hydrogen) atoms. The summed E-state index contributed by atoms with van der Waals surface area (Å²) in [6.07, 6.45) is 3.71. The van der Waals surface area contributed by atoms with Crippen molar-refractivity contribution in [3.8, 4) is 0 Å². The Morgan fingerprint density at radius 3 is 2.70 bits per heavy atom. The minimum Gasteiger partial charge on any atom is -0.355 e. The second-order valence-corrected chi connectivity index (χ2v) is 7.69. The zero-order chi connectivity index (χ0) is 19.2. The maximum Gasteiger partial charge on any atom is 0.265 e. The molecular weight excluding hydrogens is 380 g/mol. The largest absolute Gasteiger partial charge is 0.355 e. The van der Waals surface area contributed by atoms with Gasteiger partial charge in [-0.25, -0.2) is 0 Å². The third-order valence-electron chi connectivity index (χ3n) is 4.18. The van der Waals surface area contributed by atoms with E-state index in [2.05, 4.69) is 12.2 Å². The van der Waals surface area contributed by atoms with Gasteiger partial charge < -0.3 is 5.32 Å². The Bertz CT molecular complexity index is 882. The number of unbranched alkanes of at least 4 members (excludes halogenated alkanes) is 1. The predicted molar refractivity (Wildman–Crippen MR) is 112 cm³/mol. The van der Waals surface area contributed by atoms with E-state index in [1.54, 1.807) is 12.1 Å². The van der Waals surface area contributed by atoms with Crippen LogP contribution in [0.5, 0.6) is 0 Å². The Hall–Kier alpha value is -2.24. The third-order valence-corrected chi connectivity index (χ3v) is 5.60. The lowest BCUT2D eigenvalue weighted by molar-refractivity contribution is -0.122. The van der Waals surface area contributed by atoms with Gasteiger partial charge in [0.1, 0.15) is 6.54 Å². The first-order chi connectivity index (χ1) is 13.1. The molecule has 0 aromatic heterocycles. The van der Waals surface area contributed by atoms with Gasteiger partial charge in [0.25, 0.3) is 5.91 Å². The molecule has 0 atom stereocenters. The molecule has 1 aliphatic rings. The molecule has 2 aromatic rings. The van der Waals surface area contributed by atoms with Gasteiger partial charge in [0, 0.05) is 16.5 Å². The summed E-state index contributed by atoms with van der Waals surface area (Å²) in [7, 11) is 0. The second kappa shape index (κ2) is 9.11. The van der Waals surface area contributed by atoms with Crippen molar-refractivity contribution in [2.45, 2.75) is 24.7 Å². The molecule has 0 radical (unpaired) electrons. The van der Waals surface area contributed by atoms with Crippen LogP contribution in [0.15, 0.2) is 58.3 Å². The number of hydrogen-bond donors (Lipinski definition) is 1. The molecule has 2 amide bonds. The van der Waals surface area contributed by atoms with E-state index in [1.165, 1.54) is 16.7 Å². The molecule has 1 heterocycles. The van der Waals surface area contributed by atoms with Gasteiger partial charge in [-0.2, -0.15) is 0 Å². The maximum atomic E-state index is 13.1. The normalized spacial score (nSPS) is 15.0. The minimum absolute atomic E-state index is 0.0000171. The molecule has 0 aliphatic carbocycles. The van der Waals surface area contributed by atoms with Gasteiger partial charge in [0.2, 0.25) is 5.91 Å². The lowest BCUT2D eigenvalue weighted by Gasteiger charge is -2.29. The first kappa shape index (κ1) is 19.5. The standard InChI is InChI=1S/C21H21ClN2O2S/c1-2-3-12-23-20(25)14-24-17-10-6-7-11-18(17)27-19(21(24)26)13-15-8-4-5-9-16(15)22/h4-11,13H,2-3,12,14H2,1H3,(H,23,25)/b19-13+. The third kappa shape index (κ3) is 4.73. The van der Waals surface area contributed by atoms with Crippen molar-refractivity contribution in [3.05, 3.63) is 64.0 Å². The van der Waals surface area contributed by atoms with Crippen molar-refractivity contribution in [1.82, 2.24) is 5.32 Å². The van der Waals surface area contributed by atoms with Crippen LogP contribution in [-0.4, -0.2) is 24.9 Å². The van der Waals surface area contributed by atoms with Gasteiger partial charge in [-0.05, 0) is 36.3 Å². The molecule has 4 nitrogen and oxygen atoms in total. The van der Waals surface area contributed by atoms with Crippen molar-refractivity contribution >= 4 is 46.9 Å². The fraction of sp³-hybridized carbons (Fsp3) is 0.238. The van der Waals surface area contributed by atoms with Crippen LogP contribution in [0.3, 0.4) is 0 Å². The van der Waals surface area contributed by atoms with Crippen molar-refractivity contribution in [2.75, 3.05) is 18.0 Å². The maximum absolute atomic E-state index is 13.1. The monoisotopic (exact) mass is 400 g/mol. The smallest absolute Gasteiger partial charge is 0.265 e. The average Bonchev–Trinajstić information content (AvgIpc) is 2.67. The van der Waals surface area contributed by atoms with Gasteiger partial charge in [0.05, 0.1) is 10.6 Å². The number of para-hydroxylation sites is 1. The summed E-state index contributed by atoms with van der Waals surface area (Å²) in [4.78, 5) is 28.4. The van der Waals surface area contributed by atoms with Crippen LogP contribution in [0, 0.1) is 0 Å². The number of carbonyl (C=O) groups is 2. The Labute approximate surface area is 168 Å². The summed E-state index contributed by atoms with van der Waals surface area (Å²) >= 11 is 7.64. The molecular formula is C21H21ClN2O2S. The van der Waals surface area contributed by atoms with E-state index in [1.807, 2.05) is 42.5 Å². The van der Waals surface area contributed by atoms with E-state index >= 15 is 0 Å². The highest BCUT2D eigenvalue weighted by atomic mass is 35.5. The minimum atomic E-state index is -0.190. The second-order valence-electron chi connectivity index (χ2n) is 6.19. The number of carbonyl (C=O) groups excluding carboxylic acids is 2. The van der Waals surface area contributed by atoms with Gasteiger partial charge >= 0.3 is 0 Å². The summed E-state index contributed by atoms with van der Waals surface area (Å²) in [5.41, 5.74) is 1.54. The topological polar surface area (TPSA) is 49.4 Å². The Morgan fingerprint density at radius 1 is 1.19 bits per heavy atom. The molecule has 2 aromatic carbocycles. The molecule has 3 rings (SSSR count). The number of hydrogen-bond acceptors (Lipinski definition) is 3. The van der Waals surface area contributed by atoms with E-state index in [0.717, 1.165) is 29.0 Å². The van der Waals surface area contributed by atoms with Crippen molar-refractivity contribution in [2.24, 2.45) is 0 Å². The molecule has 0 saturated carbocycles. The van der Waals surface area contributed by atoms with Crippen LogP contribution >= 0.6 is 23.4 Å². The Morgan fingerprint density at radius 2 is 1.93 bits per heavy atom. The van der Waals surface area contributed by atoms with Crippen molar-refractivity contribution in [3.63, 3.8) is 0 Å². The molecule has 140 valence electrons. The molecule has 0 spiro atoms. The summed E-state index contributed by atoms with van der Waals surface area (Å²) in [5, 5.41) is 3.46. The van der Waals surface area contributed by atoms with Crippen molar-refractivity contribution < 1.29 is 9.59 Å². The van der Waals surface area contributed by atoms with E-state index < -0.39 is 0 Å². The zero-order valence-electron chi connectivity index (χ0n) is 15.1. The molecule has 6 heteroatoms. The zero-order valence-corrected chi connectivity index (χ0v) is 16.6. The predicted octanol–water partition coefficient (Wildman–Crippen LogP) is 4.74. The quantitative estimate of drug-likeness (QED) is 0.563. The number of anilines is 1. The molecule has 0 unspecified atom stereocenters. The number of rotatable bonds is 6. The highest BCUT2D eigenvalue weighted by Gasteiger charge is 2.30. The van der Waals surface area contributed by atoms with Gasteiger partial charge in [-0.3, -0.25) is 14.5 Å². The number of benzene rings is 2. The first-order valence-electron chi connectivity index (χ1n) is 8.92. The van der Waals surface area contributed by atoms with Crippen LogP contribution < -0.4 is 10.2 Å². The molecule has 0 bridgehead atoms. The first-order valence-corrected chi connectivity index (χ1v) is 10.1. The van der Waals surface area contributed by atoms with E-state index in [-0.39, 0.29) is 18.4 Å². The van der Waals surface area contributed by atoms with Crippen molar-refractivity contribution in [1.29, 1.82) is 0 Å². The fourth-order valence-corrected chi connectivity index (χ4v) is 4.00. The molecule has 0 saturated heterocycles. The van der Waals surface area contributed by atoms with Crippen LogP contribution in [-0.2, 0) is 9.59 Å². The van der Waals surface area contributed by atoms with Gasteiger partial charge in [-0.15, -0.1) is 0 Å². The Kier molecular flexibility index (Phi) is 6.58. The van der Waals surface area contributed by atoms with Crippen LogP contribution in [0.2, 0.25) is 5.02 Å². The average molecular weight is 401 g/mol. The number of fused-ring (bicyclic) bond motifs is 1. The number of nitrogens with zero attached hydrogens (tertiary/aromatic N) is 1. The Balaban J connectivity index is 1.89. The molecule has 1 N–H and O–H groups in total. The summed E-state index contributed by atoms with van der Waals surface area (Å²) < 4.78 is 0. The molecule has 0 fully saturated rings. The lowest BCUT2D eigenvalue weighted by Crippen LogP contribution is -2.42. The van der Waals surface area contributed by atoms with Crippen LogP contribution in [0.25, 0.3) is 6.08 Å². The molecule has 1 aliphatic heterocycles. The van der Waals surface area contributed by atoms with E-state index in [9.17, 15) is 9.59 Å². The number of amides is 2. The number of halogens is 1. The van der Waals surface area contributed by atoms with Crippen LogP contribution in [0.1, 0.15) is 25.3 Å². The number of thioether (sulfide) groups is 1. The number of nitrogens with one attached hydrogen (secondary N) is 1.